The van der Waals surface area contributed by atoms with Crippen LogP contribution in [0.3, 0.4) is 0 Å². The average molecular weight is 351 g/mol. The van der Waals surface area contributed by atoms with E-state index in [9.17, 15) is 14.9 Å². The first-order chi connectivity index (χ1) is 12.5. The lowest BCUT2D eigenvalue weighted by atomic mass is 10.2. The summed E-state index contributed by atoms with van der Waals surface area (Å²) in [5.74, 6) is -1.07. The molecule has 0 spiro atoms. The number of hydrogen-bond acceptors (Lipinski definition) is 5. The predicted molar refractivity (Wildman–Crippen MR) is 97.0 cm³/mol. The van der Waals surface area contributed by atoms with Crippen LogP contribution in [0.4, 0.5) is 11.4 Å². The molecule has 0 radical (unpaired) electrons. The highest BCUT2D eigenvalue weighted by atomic mass is 16.5. The molecule has 0 aromatic heterocycles. The Kier molecular flexibility index (Phi) is 6.34. The van der Waals surface area contributed by atoms with E-state index in [0.29, 0.717) is 23.7 Å². The Morgan fingerprint density at radius 2 is 1.88 bits per heavy atom. The first-order valence-electron chi connectivity index (χ1n) is 7.78. The van der Waals surface area contributed by atoms with E-state index in [1.54, 1.807) is 18.2 Å². The molecule has 7 nitrogen and oxygen atoms in total. The van der Waals surface area contributed by atoms with Crippen molar-refractivity contribution in [1.29, 1.82) is 5.26 Å². The van der Waals surface area contributed by atoms with E-state index in [4.69, 9.17) is 9.84 Å². The summed E-state index contributed by atoms with van der Waals surface area (Å²) in [5, 5.41) is 23.5. The molecule has 132 valence electrons. The van der Waals surface area contributed by atoms with E-state index < -0.39 is 11.9 Å². The molecule has 2 aromatic carbocycles. The Balaban J connectivity index is 2.10. The summed E-state index contributed by atoms with van der Waals surface area (Å²) < 4.78 is 5.47. The lowest BCUT2D eigenvalue weighted by Crippen LogP contribution is -2.14. The van der Waals surface area contributed by atoms with Crippen LogP contribution in [0.2, 0.25) is 0 Å². The second-order valence-electron chi connectivity index (χ2n) is 5.08. The minimum absolute atomic E-state index is 0.105. The Hall–Kier alpha value is -3.79. The van der Waals surface area contributed by atoms with Gasteiger partial charge in [0.25, 0.3) is 5.91 Å². The van der Waals surface area contributed by atoms with Crippen LogP contribution >= 0.6 is 0 Å². The fraction of sp³-hybridized carbons (Fsp3) is 0.105. The first-order valence-corrected chi connectivity index (χ1v) is 7.78. The number of nitrogens with one attached hydrogen (secondary N) is 2. The molecule has 2 aromatic rings. The molecule has 2 rings (SSSR count). The minimum Gasteiger partial charge on any atom is -0.492 e. The van der Waals surface area contributed by atoms with Crippen LogP contribution in [0, 0.1) is 11.3 Å². The molecule has 3 N–H and O–H groups in total. The number of carboxylic acid groups (broad SMARTS) is 1. The van der Waals surface area contributed by atoms with E-state index in [2.05, 4.69) is 10.6 Å². The van der Waals surface area contributed by atoms with Gasteiger partial charge in [0.1, 0.15) is 17.4 Å². The topological polar surface area (TPSA) is 111 Å². The molecule has 0 aliphatic carbocycles. The zero-order valence-corrected chi connectivity index (χ0v) is 14.0. The van der Waals surface area contributed by atoms with Crippen LogP contribution in [-0.4, -0.2) is 23.6 Å². The summed E-state index contributed by atoms with van der Waals surface area (Å²) in [5.41, 5.74) is 0.975. The van der Waals surface area contributed by atoms with Gasteiger partial charge in [-0.3, -0.25) is 4.79 Å². The van der Waals surface area contributed by atoms with Gasteiger partial charge in [-0.2, -0.15) is 5.26 Å². The van der Waals surface area contributed by atoms with Gasteiger partial charge in [0.05, 0.1) is 17.9 Å². The van der Waals surface area contributed by atoms with Gasteiger partial charge in [-0.1, -0.05) is 12.1 Å². The standard InChI is InChI=1S/C19H17N3O4/c1-2-26-17-6-4-3-5-16(17)21-12-14(11-20)18(23)22-15-9-7-13(8-10-15)19(24)25/h3-10,12,21H,2H2,1H3,(H,22,23)(H,24,25)/b14-12-. The molecular formula is C19H17N3O4. The second kappa shape index (κ2) is 8.89. The summed E-state index contributed by atoms with van der Waals surface area (Å²) in [6.45, 7) is 2.34. The highest BCUT2D eigenvalue weighted by molar-refractivity contribution is 6.06. The van der Waals surface area contributed by atoms with Crippen molar-refractivity contribution in [2.75, 3.05) is 17.2 Å². The van der Waals surface area contributed by atoms with Gasteiger partial charge in [-0.15, -0.1) is 0 Å². The number of rotatable bonds is 7. The lowest BCUT2D eigenvalue weighted by molar-refractivity contribution is -0.112. The number of para-hydroxylation sites is 2. The fourth-order valence-electron chi connectivity index (χ4n) is 2.06. The molecule has 0 bridgehead atoms. The molecular weight excluding hydrogens is 334 g/mol. The maximum absolute atomic E-state index is 12.2. The number of carbonyl (C=O) groups excluding carboxylic acids is 1. The Morgan fingerprint density at radius 3 is 2.50 bits per heavy atom. The summed E-state index contributed by atoms with van der Waals surface area (Å²) in [6, 6.07) is 14.6. The number of ether oxygens (including phenoxy) is 1. The van der Waals surface area contributed by atoms with Crippen LogP contribution in [0.5, 0.6) is 5.75 Å². The van der Waals surface area contributed by atoms with E-state index >= 15 is 0 Å². The smallest absolute Gasteiger partial charge is 0.335 e. The van der Waals surface area contributed by atoms with Crippen LogP contribution < -0.4 is 15.4 Å². The van der Waals surface area contributed by atoms with Crippen LogP contribution in [-0.2, 0) is 4.79 Å². The van der Waals surface area contributed by atoms with Gasteiger partial charge in [0.2, 0.25) is 0 Å². The van der Waals surface area contributed by atoms with Crippen molar-refractivity contribution in [3.63, 3.8) is 0 Å². The molecule has 0 atom stereocenters. The van der Waals surface area contributed by atoms with Crippen LogP contribution in [0.1, 0.15) is 17.3 Å². The number of aromatic carboxylic acids is 1. The predicted octanol–water partition coefficient (Wildman–Crippen LogP) is 3.24. The highest BCUT2D eigenvalue weighted by Crippen LogP contribution is 2.23. The molecule has 0 saturated heterocycles. The molecule has 0 fully saturated rings. The van der Waals surface area contributed by atoms with E-state index in [1.165, 1.54) is 30.5 Å². The number of amides is 1. The zero-order valence-electron chi connectivity index (χ0n) is 14.0. The van der Waals surface area contributed by atoms with Gasteiger partial charge in [0, 0.05) is 11.9 Å². The molecule has 0 aliphatic heterocycles. The number of carboxylic acids is 1. The molecule has 7 heteroatoms. The molecule has 1 amide bonds. The summed E-state index contributed by atoms with van der Waals surface area (Å²) >= 11 is 0. The number of benzene rings is 2. The third kappa shape index (κ3) is 4.85. The Labute approximate surface area is 150 Å². The summed E-state index contributed by atoms with van der Waals surface area (Å²) in [7, 11) is 0. The molecule has 0 aliphatic rings. The second-order valence-corrected chi connectivity index (χ2v) is 5.08. The fourth-order valence-corrected chi connectivity index (χ4v) is 2.06. The molecule has 0 saturated carbocycles. The van der Waals surface area contributed by atoms with Crippen molar-refractivity contribution >= 4 is 23.3 Å². The average Bonchev–Trinajstić information content (AvgIpc) is 2.64. The van der Waals surface area contributed by atoms with Crippen LogP contribution in [0.15, 0.2) is 60.3 Å². The molecule has 26 heavy (non-hydrogen) atoms. The van der Waals surface area contributed by atoms with Crippen molar-refractivity contribution in [3.05, 3.63) is 65.9 Å². The summed E-state index contributed by atoms with van der Waals surface area (Å²) in [4.78, 5) is 23.0. The SMILES string of the molecule is CCOc1ccccc1N/C=C(/C#N)C(=O)Nc1ccc(C(=O)O)cc1. The maximum Gasteiger partial charge on any atom is 0.335 e. The van der Waals surface area contributed by atoms with Gasteiger partial charge >= 0.3 is 5.97 Å². The van der Waals surface area contributed by atoms with Crippen LogP contribution in [0.25, 0.3) is 0 Å². The van der Waals surface area contributed by atoms with Crippen molar-refractivity contribution in [3.8, 4) is 11.8 Å². The number of anilines is 2. The Morgan fingerprint density at radius 1 is 1.19 bits per heavy atom. The van der Waals surface area contributed by atoms with E-state index in [1.807, 2.05) is 19.1 Å². The third-order valence-corrected chi connectivity index (χ3v) is 3.31. The van der Waals surface area contributed by atoms with Gasteiger partial charge in [-0.25, -0.2) is 4.79 Å². The monoisotopic (exact) mass is 351 g/mol. The number of hydrogen-bond donors (Lipinski definition) is 3. The number of nitriles is 1. The zero-order chi connectivity index (χ0) is 18.9. The largest absolute Gasteiger partial charge is 0.492 e. The molecule has 0 unspecified atom stereocenters. The van der Waals surface area contributed by atoms with Crippen molar-refractivity contribution in [2.45, 2.75) is 6.92 Å². The van der Waals surface area contributed by atoms with Crippen molar-refractivity contribution in [2.24, 2.45) is 0 Å². The van der Waals surface area contributed by atoms with Crippen molar-refractivity contribution < 1.29 is 19.4 Å². The highest BCUT2D eigenvalue weighted by Gasteiger charge is 2.11. The maximum atomic E-state index is 12.2. The number of nitrogens with zero attached hydrogens (tertiary/aromatic N) is 1. The quantitative estimate of drug-likeness (QED) is 0.521. The van der Waals surface area contributed by atoms with Gasteiger partial charge < -0.3 is 20.5 Å². The van der Waals surface area contributed by atoms with Gasteiger partial charge in [-0.05, 0) is 43.3 Å². The normalized spacial score (nSPS) is 10.5. The van der Waals surface area contributed by atoms with E-state index in [-0.39, 0.29) is 11.1 Å². The summed E-state index contributed by atoms with van der Waals surface area (Å²) in [6.07, 6.45) is 1.29. The minimum atomic E-state index is -1.06. The Bertz CT molecular complexity index is 867. The number of carbonyl (C=O) groups is 2. The van der Waals surface area contributed by atoms with Gasteiger partial charge in [0.15, 0.2) is 0 Å². The molecule has 0 heterocycles. The van der Waals surface area contributed by atoms with Crippen molar-refractivity contribution in [1.82, 2.24) is 0 Å². The lowest BCUT2D eigenvalue weighted by Gasteiger charge is -2.10. The first kappa shape index (κ1) is 18.5. The van der Waals surface area contributed by atoms with E-state index in [0.717, 1.165) is 0 Å². The third-order valence-electron chi connectivity index (χ3n) is 3.31.